The molecule has 0 aliphatic carbocycles. The van der Waals surface area contributed by atoms with E-state index in [1.807, 2.05) is 24.3 Å². The van der Waals surface area contributed by atoms with Gasteiger partial charge in [-0.3, -0.25) is 9.59 Å². The van der Waals surface area contributed by atoms with Gasteiger partial charge in [0.1, 0.15) is 12.4 Å². The molecule has 0 fully saturated rings. The van der Waals surface area contributed by atoms with Crippen molar-refractivity contribution in [3.05, 3.63) is 58.5 Å². The number of carbonyl (C=O) groups is 1. The third kappa shape index (κ3) is 3.13. The molecule has 1 aromatic carbocycles. The Morgan fingerprint density at radius 3 is 2.90 bits per heavy atom. The van der Waals surface area contributed by atoms with E-state index in [-0.39, 0.29) is 11.5 Å². The Labute approximate surface area is 122 Å². The second-order valence-electron chi connectivity index (χ2n) is 4.95. The van der Waals surface area contributed by atoms with Gasteiger partial charge in [0.15, 0.2) is 0 Å². The van der Waals surface area contributed by atoms with E-state index in [1.54, 1.807) is 16.8 Å². The summed E-state index contributed by atoms with van der Waals surface area (Å²) < 4.78 is 7.25. The summed E-state index contributed by atoms with van der Waals surface area (Å²) in [5, 5.41) is 2.84. The van der Waals surface area contributed by atoms with Gasteiger partial charge >= 0.3 is 0 Å². The van der Waals surface area contributed by atoms with Crippen LogP contribution in [-0.2, 0) is 17.8 Å². The van der Waals surface area contributed by atoms with Crippen LogP contribution in [0.3, 0.4) is 0 Å². The Kier molecular flexibility index (Phi) is 3.73. The number of ether oxygens (including phenoxy) is 1. The summed E-state index contributed by atoms with van der Waals surface area (Å²) in [7, 11) is 0. The zero-order chi connectivity index (χ0) is 14.7. The number of nitrogens with one attached hydrogen (secondary N) is 1. The monoisotopic (exact) mass is 284 g/mol. The van der Waals surface area contributed by atoms with E-state index in [2.05, 4.69) is 5.32 Å². The third-order valence-corrected chi connectivity index (χ3v) is 3.48. The van der Waals surface area contributed by atoms with E-state index < -0.39 is 0 Å². The van der Waals surface area contributed by atoms with E-state index in [1.165, 1.54) is 6.07 Å². The van der Waals surface area contributed by atoms with Crippen LogP contribution in [0.5, 0.6) is 5.75 Å². The molecule has 2 aromatic rings. The summed E-state index contributed by atoms with van der Waals surface area (Å²) in [6.07, 6.45) is 3.03. The molecule has 0 radical (unpaired) electrons. The zero-order valence-corrected chi connectivity index (χ0v) is 11.5. The first-order chi connectivity index (χ1) is 10.2. The molecule has 0 unspecified atom stereocenters. The number of anilines is 1. The Hall–Kier alpha value is -2.56. The van der Waals surface area contributed by atoms with Crippen LogP contribution in [0.15, 0.2) is 47.4 Å². The van der Waals surface area contributed by atoms with Crippen LogP contribution in [0.2, 0.25) is 0 Å². The molecule has 0 atom stereocenters. The lowest BCUT2D eigenvalue weighted by molar-refractivity contribution is -0.116. The summed E-state index contributed by atoms with van der Waals surface area (Å²) >= 11 is 0. The maximum absolute atomic E-state index is 11.5. The van der Waals surface area contributed by atoms with Crippen molar-refractivity contribution < 1.29 is 9.53 Å². The van der Waals surface area contributed by atoms with Crippen LogP contribution in [0.1, 0.15) is 12.0 Å². The second kappa shape index (κ2) is 5.83. The first kappa shape index (κ1) is 13.4. The van der Waals surface area contributed by atoms with Crippen molar-refractivity contribution >= 4 is 11.6 Å². The highest BCUT2D eigenvalue weighted by Crippen LogP contribution is 2.27. The fourth-order valence-electron chi connectivity index (χ4n) is 2.35. The Morgan fingerprint density at radius 1 is 1.14 bits per heavy atom. The quantitative estimate of drug-likeness (QED) is 0.931. The van der Waals surface area contributed by atoms with Gasteiger partial charge in [-0.1, -0.05) is 12.1 Å². The molecule has 3 rings (SSSR count). The number of hydrogen-bond donors (Lipinski definition) is 1. The normalized spacial score (nSPS) is 13.4. The Bertz CT molecular complexity index is 721. The fraction of sp³-hybridized carbons (Fsp3) is 0.250. The molecule has 1 amide bonds. The minimum absolute atomic E-state index is 0.0375. The first-order valence-corrected chi connectivity index (χ1v) is 6.93. The molecule has 2 heterocycles. The highest BCUT2D eigenvalue weighted by atomic mass is 16.5. The molecular weight excluding hydrogens is 268 g/mol. The van der Waals surface area contributed by atoms with Gasteiger partial charge in [0.05, 0.1) is 6.54 Å². The molecule has 21 heavy (non-hydrogen) atoms. The lowest BCUT2D eigenvalue weighted by atomic mass is 10.0. The van der Waals surface area contributed by atoms with Crippen LogP contribution in [0.25, 0.3) is 0 Å². The van der Waals surface area contributed by atoms with Crippen molar-refractivity contribution in [3.63, 3.8) is 0 Å². The Morgan fingerprint density at radius 2 is 2.05 bits per heavy atom. The lowest BCUT2D eigenvalue weighted by Crippen LogP contribution is -2.21. The number of carbonyl (C=O) groups excluding carboxylic acids is 1. The van der Waals surface area contributed by atoms with Crippen molar-refractivity contribution in [2.75, 3.05) is 11.9 Å². The zero-order valence-electron chi connectivity index (χ0n) is 11.5. The molecule has 1 aliphatic heterocycles. The van der Waals surface area contributed by atoms with Gasteiger partial charge in [-0.15, -0.1) is 0 Å². The SMILES string of the molecule is O=C1CCc2ccc(OCCn3ccccc3=O)cc2N1. The van der Waals surface area contributed by atoms with Crippen molar-refractivity contribution in [2.45, 2.75) is 19.4 Å². The standard InChI is InChI=1S/C16H16N2O3/c19-15-7-5-12-4-6-13(11-14(12)17-15)21-10-9-18-8-2-1-3-16(18)20/h1-4,6,8,11H,5,7,9-10H2,(H,17,19). The van der Waals surface area contributed by atoms with Gasteiger partial charge in [-0.25, -0.2) is 0 Å². The number of amides is 1. The van der Waals surface area contributed by atoms with Crippen molar-refractivity contribution in [1.82, 2.24) is 4.57 Å². The topological polar surface area (TPSA) is 60.3 Å². The van der Waals surface area contributed by atoms with Gasteiger partial charge in [0.2, 0.25) is 5.91 Å². The second-order valence-corrected chi connectivity index (χ2v) is 4.95. The number of rotatable bonds is 4. The van der Waals surface area contributed by atoms with Crippen molar-refractivity contribution in [1.29, 1.82) is 0 Å². The summed E-state index contributed by atoms with van der Waals surface area (Å²) in [5.74, 6) is 0.732. The molecule has 1 aliphatic rings. The number of aryl methyl sites for hydroxylation is 1. The molecule has 1 N–H and O–H groups in total. The van der Waals surface area contributed by atoms with E-state index in [0.29, 0.717) is 25.3 Å². The predicted octanol–water partition coefficient (Wildman–Crippen LogP) is 1.81. The van der Waals surface area contributed by atoms with E-state index >= 15 is 0 Å². The van der Waals surface area contributed by atoms with E-state index in [0.717, 1.165) is 17.7 Å². The fourth-order valence-corrected chi connectivity index (χ4v) is 2.35. The number of pyridine rings is 1. The molecule has 0 spiro atoms. The van der Waals surface area contributed by atoms with Crippen molar-refractivity contribution in [3.8, 4) is 5.75 Å². The minimum atomic E-state index is -0.0428. The van der Waals surface area contributed by atoms with Gasteiger partial charge in [0, 0.05) is 30.4 Å². The number of fused-ring (bicyclic) bond motifs is 1. The molecule has 0 saturated heterocycles. The largest absolute Gasteiger partial charge is 0.492 e. The summed E-state index contributed by atoms with van der Waals surface area (Å²) in [6, 6.07) is 10.7. The minimum Gasteiger partial charge on any atom is -0.492 e. The van der Waals surface area contributed by atoms with Gasteiger partial charge in [-0.05, 0) is 24.1 Å². The lowest BCUT2D eigenvalue weighted by Gasteiger charge is -2.17. The van der Waals surface area contributed by atoms with Gasteiger partial charge in [-0.2, -0.15) is 0 Å². The van der Waals surface area contributed by atoms with Crippen LogP contribution in [0.4, 0.5) is 5.69 Å². The smallest absolute Gasteiger partial charge is 0.250 e. The third-order valence-electron chi connectivity index (χ3n) is 3.48. The maximum atomic E-state index is 11.5. The summed E-state index contributed by atoms with van der Waals surface area (Å²) in [4.78, 5) is 22.9. The molecule has 5 heteroatoms. The molecular formula is C16H16N2O3. The maximum Gasteiger partial charge on any atom is 0.250 e. The first-order valence-electron chi connectivity index (χ1n) is 6.93. The van der Waals surface area contributed by atoms with Crippen molar-refractivity contribution in [2.24, 2.45) is 0 Å². The van der Waals surface area contributed by atoms with Crippen LogP contribution >= 0.6 is 0 Å². The van der Waals surface area contributed by atoms with E-state index in [4.69, 9.17) is 4.74 Å². The van der Waals surface area contributed by atoms with Gasteiger partial charge in [0.25, 0.3) is 5.56 Å². The van der Waals surface area contributed by atoms with E-state index in [9.17, 15) is 9.59 Å². The number of hydrogen-bond acceptors (Lipinski definition) is 3. The summed E-state index contributed by atoms with van der Waals surface area (Å²) in [6.45, 7) is 0.889. The predicted molar refractivity (Wildman–Crippen MR) is 79.6 cm³/mol. The molecule has 1 aromatic heterocycles. The molecule has 0 saturated carbocycles. The molecule has 108 valence electrons. The summed E-state index contributed by atoms with van der Waals surface area (Å²) in [5.41, 5.74) is 1.90. The van der Waals surface area contributed by atoms with Crippen LogP contribution in [-0.4, -0.2) is 17.1 Å². The molecule has 0 bridgehead atoms. The Balaban J connectivity index is 1.64. The average molecular weight is 284 g/mol. The molecule has 5 nitrogen and oxygen atoms in total. The number of benzene rings is 1. The highest BCUT2D eigenvalue weighted by molar-refractivity contribution is 5.94. The average Bonchev–Trinajstić information content (AvgIpc) is 2.49. The number of nitrogens with zero attached hydrogens (tertiary/aromatic N) is 1. The van der Waals surface area contributed by atoms with Gasteiger partial charge < -0.3 is 14.6 Å². The number of aromatic nitrogens is 1. The van der Waals surface area contributed by atoms with Crippen LogP contribution < -0.4 is 15.6 Å². The highest BCUT2D eigenvalue weighted by Gasteiger charge is 2.14. The van der Waals surface area contributed by atoms with Crippen LogP contribution in [0, 0.1) is 0 Å².